The van der Waals surface area contributed by atoms with Gasteiger partial charge in [0.05, 0.1) is 5.69 Å². The first kappa shape index (κ1) is 12.4. The van der Waals surface area contributed by atoms with Gasteiger partial charge in [0.15, 0.2) is 0 Å². The molecule has 0 aliphatic rings. The van der Waals surface area contributed by atoms with Gasteiger partial charge in [-0.2, -0.15) is 5.10 Å². The van der Waals surface area contributed by atoms with Crippen molar-refractivity contribution in [3.63, 3.8) is 0 Å². The van der Waals surface area contributed by atoms with Crippen LogP contribution in [0, 0.1) is 6.92 Å². The van der Waals surface area contributed by atoms with E-state index in [0.29, 0.717) is 0 Å². The highest BCUT2D eigenvalue weighted by Gasteiger charge is 2.03. The summed E-state index contributed by atoms with van der Waals surface area (Å²) in [5.74, 6) is 1.77. The summed E-state index contributed by atoms with van der Waals surface area (Å²) in [6.07, 6.45) is 2.02. The molecule has 0 saturated carbocycles. The summed E-state index contributed by atoms with van der Waals surface area (Å²) < 4.78 is 1.83. The summed E-state index contributed by atoms with van der Waals surface area (Å²) in [6.45, 7) is 5.68. The quantitative estimate of drug-likeness (QED) is 0.847. The summed E-state index contributed by atoms with van der Waals surface area (Å²) >= 11 is 0. The fourth-order valence-corrected chi connectivity index (χ4v) is 1.82. The maximum Gasteiger partial charge on any atom is 0.128 e. The first-order valence-corrected chi connectivity index (χ1v) is 6.13. The van der Waals surface area contributed by atoms with E-state index in [1.54, 1.807) is 0 Å². The smallest absolute Gasteiger partial charge is 0.128 e. The number of nitrogens with zero attached hydrogens (tertiary/aromatic N) is 3. The molecule has 0 aromatic carbocycles. The molecule has 96 valence electrons. The predicted octanol–water partition coefficient (Wildman–Crippen LogP) is 2.17. The summed E-state index contributed by atoms with van der Waals surface area (Å²) in [5.41, 5.74) is 2.24. The molecular weight excluding hydrogens is 226 g/mol. The average Bonchev–Trinajstić information content (AvgIpc) is 2.66. The molecule has 0 radical (unpaired) electrons. The summed E-state index contributed by atoms with van der Waals surface area (Å²) in [7, 11) is 1.93. The summed E-state index contributed by atoms with van der Waals surface area (Å²) in [5, 5.41) is 10.8. The summed E-state index contributed by atoms with van der Waals surface area (Å²) in [6, 6.07) is 5.92. The third-order valence-corrected chi connectivity index (χ3v) is 2.68. The topological polar surface area (TPSA) is 54.8 Å². The molecule has 0 bridgehead atoms. The van der Waals surface area contributed by atoms with Gasteiger partial charge in [0.1, 0.15) is 11.6 Å². The van der Waals surface area contributed by atoms with Gasteiger partial charge in [0, 0.05) is 31.9 Å². The molecule has 0 fully saturated rings. The highest BCUT2D eigenvalue weighted by Crippen LogP contribution is 2.11. The number of hydrogen-bond donors (Lipinski definition) is 2. The van der Waals surface area contributed by atoms with E-state index in [1.165, 1.54) is 5.56 Å². The Morgan fingerprint density at radius 3 is 2.56 bits per heavy atom. The van der Waals surface area contributed by atoms with Crippen LogP contribution in [0.25, 0.3) is 0 Å². The van der Waals surface area contributed by atoms with Crippen LogP contribution in [0.5, 0.6) is 0 Å². The van der Waals surface area contributed by atoms with Crippen LogP contribution in [0.1, 0.15) is 18.2 Å². The van der Waals surface area contributed by atoms with Gasteiger partial charge in [-0.25, -0.2) is 4.98 Å². The van der Waals surface area contributed by atoms with Crippen molar-refractivity contribution in [1.29, 1.82) is 0 Å². The molecule has 0 aliphatic carbocycles. The Kier molecular flexibility index (Phi) is 3.82. The Balaban J connectivity index is 2.01. The van der Waals surface area contributed by atoms with Crippen molar-refractivity contribution in [1.82, 2.24) is 14.8 Å². The molecule has 0 atom stereocenters. The van der Waals surface area contributed by atoms with Crippen molar-refractivity contribution >= 4 is 11.6 Å². The van der Waals surface area contributed by atoms with Crippen molar-refractivity contribution in [2.24, 2.45) is 7.05 Å². The minimum Gasteiger partial charge on any atom is -0.370 e. The van der Waals surface area contributed by atoms with Gasteiger partial charge in [-0.05, 0) is 26.0 Å². The Labute approximate surface area is 107 Å². The van der Waals surface area contributed by atoms with E-state index >= 15 is 0 Å². The first-order chi connectivity index (χ1) is 8.69. The Hall–Kier alpha value is -2.04. The molecule has 2 aromatic heterocycles. The van der Waals surface area contributed by atoms with Crippen LogP contribution in [0.15, 0.2) is 24.4 Å². The van der Waals surface area contributed by atoms with Gasteiger partial charge < -0.3 is 10.6 Å². The lowest BCUT2D eigenvalue weighted by atomic mass is 10.2. The zero-order valence-corrected chi connectivity index (χ0v) is 11.1. The van der Waals surface area contributed by atoms with Crippen molar-refractivity contribution in [2.75, 3.05) is 17.2 Å². The van der Waals surface area contributed by atoms with Crippen LogP contribution in [0.4, 0.5) is 11.6 Å². The van der Waals surface area contributed by atoms with Crippen molar-refractivity contribution in [2.45, 2.75) is 20.4 Å². The molecular formula is C13H19N5. The van der Waals surface area contributed by atoms with E-state index in [2.05, 4.69) is 27.6 Å². The number of aromatic nitrogens is 3. The van der Waals surface area contributed by atoms with Crippen LogP contribution in [0.3, 0.4) is 0 Å². The van der Waals surface area contributed by atoms with Crippen molar-refractivity contribution in [3.8, 4) is 0 Å². The highest BCUT2D eigenvalue weighted by atomic mass is 15.3. The predicted molar refractivity (Wildman–Crippen MR) is 73.7 cm³/mol. The van der Waals surface area contributed by atoms with Crippen LogP contribution < -0.4 is 10.6 Å². The monoisotopic (exact) mass is 245 g/mol. The lowest BCUT2D eigenvalue weighted by molar-refractivity contribution is 0.756. The number of hydrogen-bond acceptors (Lipinski definition) is 4. The van der Waals surface area contributed by atoms with Crippen LogP contribution in [-0.4, -0.2) is 21.3 Å². The molecule has 0 spiro atoms. The van der Waals surface area contributed by atoms with E-state index in [1.807, 2.05) is 43.0 Å². The highest BCUT2D eigenvalue weighted by molar-refractivity contribution is 5.45. The number of aryl methyl sites for hydroxylation is 2. The van der Waals surface area contributed by atoms with E-state index < -0.39 is 0 Å². The second-order valence-corrected chi connectivity index (χ2v) is 4.21. The number of nitrogens with one attached hydrogen (secondary N) is 2. The molecule has 2 rings (SSSR count). The molecule has 18 heavy (non-hydrogen) atoms. The van der Waals surface area contributed by atoms with Crippen LogP contribution >= 0.6 is 0 Å². The van der Waals surface area contributed by atoms with Gasteiger partial charge in [0.2, 0.25) is 0 Å². The van der Waals surface area contributed by atoms with Gasteiger partial charge in [-0.15, -0.1) is 0 Å². The van der Waals surface area contributed by atoms with Crippen LogP contribution in [-0.2, 0) is 13.6 Å². The summed E-state index contributed by atoms with van der Waals surface area (Å²) in [4.78, 5) is 4.46. The van der Waals surface area contributed by atoms with Gasteiger partial charge in [-0.1, -0.05) is 6.07 Å². The number of rotatable bonds is 5. The Bertz CT molecular complexity index is 518. The van der Waals surface area contributed by atoms with Gasteiger partial charge >= 0.3 is 0 Å². The maximum absolute atomic E-state index is 4.46. The average molecular weight is 245 g/mol. The van der Waals surface area contributed by atoms with Crippen LogP contribution in [0.2, 0.25) is 0 Å². The molecule has 2 aromatic rings. The molecule has 0 saturated heterocycles. The molecule has 0 aliphatic heterocycles. The largest absolute Gasteiger partial charge is 0.370 e. The van der Waals surface area contributed by atoms with Crippen molar-refractivity contribution in [3.05, 3.63) is 35.7 Å². The molecule has 5 heteroatoms. The Morgan fingerprint density at radius 2 is 1.94 bits per heavy atom. The third-order valence-electron chi connectivity index (χ3n) is 2.68. The molecule has 0 unspecified atom stereocenters. The number of anilines is 2. The lowest BCUT2D eigenvalue weighted by Crippen LogP contribution is -2.04. The van der Waals surface area contributed by atoms with E-state index in [4.69, 9.17) is 0 Å². The molecule has 0 amide bonds. The first-order valence-electron chi connectivity index (χ1n) is 6.13. The minimum absolute atomic E-state index is 0.738. The Morgan fingerprint density at radius 1 is 1.22 bits per heavy atom. The number of pyridine rings is 1. The maximum atomic E-state index is 4.46. The van der Waals surface area contributed by atoms with E-state index in [0.717, 1.165) is 30.4 Å². The van der Waals surface area contributed by atoms with Crippen molar-refractivity contribution < 1.29 is 0 Å². The fourth-order valence-electron chi connectivity index (χ4n) is 1.82. The SMILES string of the molecule is CCNc1cccc(NCc2cn(C)nc2C)n1. The molecule has 2 heterocycles. The van der Waals surface area contributed by atoms with Gasteiger partial charge in [0.25, 0.3) is 0 Å². The molecule has 5 nitrogen and oxygen atoms in total. The van der Waals surface area contributed by atoms with E-state index in [9.17, 15) is 0 Å². The normalized spacial score (nSPS) is 10.4. The van der Waals surface area contributed by atoms with E-state index in [-0.39, 0.29) is 0 Å². The zero-order chi connectivity index (χ0) is 13.0. The lowest BCUT2D eigenvalue weighted by Gasteiger charge is -2.07. The van der Waals surface area contributed by atoms with Gasteiger partial charge in [-0.3, -0.25) is 4.68 Å². The minimum atomic E-state index is 0.738. The second-order valence-electron chi connectivity index (χ2n) is 4.21. The second kappa shape index (κ2) is 5.53. The fraction of sp³-hybridized carbons (Fsp3) is 0.385. The molecule has 2 N–H and O–H groups in total. The zero-order valence-electron chi connectivity index (χ0n) is 11.1. The standard InChI is InChI=1S/C13H19N5/c1-4-14-12-6-5-7-13(16-12)15-8-11-9-18(3)17-10(11)2/h5-7,9H,4,8H2,1-3H3,(H2,14,15,16). The third kappa shape index (κ3) is 3.00.